The van der Waals surface area contributed by atoms with Crippen LogP contribution in [0.4, 0.5) is 5.69 Å². The first-order valence-corrected chi connectivity index (χ1v) is 7.21. The third-order valence-corrected chi connectivity index (χ3v) is 3.98. The highest BCUT2D eigenvalue weighted by Gasteiger charge is 2.30. The van der Waals surface area contributed by atoms with Crippen LogP contribution >= 0.6 is 0 Å². The van der Waals surface area contributed by atoms with Crippen molar-refractivity contribution in [3.63, 3.8) is 0 Å². The number of nitro benzene ring substituents is 1. The van der Waals surface area contributed by atoms with Gasteiger partial charge in [0.1, 0.15) is 0 Å². The van der Waals surface area contributed by atoms with Gasteiger partial charge in [-0.3, -0.25) is 14.9 Å². The molecule has 1 rings (SSSR count). The Morgan fingerprint density at radius 3 is 2.52 bits per heavy atom. The van der Waals surface area contributed by atoms with E-state index in [0.717, 1.165) is 19.1 Å². The normalized spacial score (nSPS) is 14.4. The van der Waals surface area contributed by atoms with Crippen LogP contribution < -0.4 is 4.72 Å². The summed E-state index contributed by atoms with van der Waals surface area (Å²) in [5.41, 5.74) is -2.43. The summed E-state index contributed by atoms with van der Waals surface area (Å²) in [6, 6.07) is 4.71. The SMILES string of the molecule is CC(O)(CNS(=O)(=O)c1ccccc1[N+](=O)[O-])CC(=O)O. The van der Waals surface area contributed by atoms with Gasteiger partial charge < -0.3 is 10.2 Å². The average molecular weight is 318 g/mol. The fraction of sp³-hybridized carbons (Fsp3) is 0.364. The number of nitrogens with zero attached hydrogens (tertiary/aromatic N) is 1. The third-order valence-electron chi connectivity index (χ3n) is 2.53. The number of carboxylic acid groups (broad SMARTS) is 1. The lowest BCUT2D eigenvalue weighted by Gasteiger charge is -2.21. The first-order chi connectivity index (χ1) is 9.55. The molecular weight excluding hydrogens is 304 g/mol. The quantitative estimate of drug-likeness (QED) is 0.477. The molecule has 0 amide bonds. The number of para-hydroxylation sites is 1. The van der Waals surface area contributed by atoms with Crippen molar-refractivity contribution in [3.05, 3.63) is 34.4 Å². The number of nitrogens with one attached hydrogen (secondary N) is 1. The van der Waals surface area contributed by atoms with Gasteiger partial charge in [-0.25, -0.2) is 13.1 Å². The maximum Gasteiger partial charge on any atom is 0.306 e. The summed E-state index contributed by atoms with van der Waals surface area (Å²) in [7, 11) is -4.25. The molecule has 0 aliphatic rings. The van der Waals surface area contributed by atoms with Gasteiger partial charge in [0.2, 0.25) is 10.0 Å². The minimum Gasteiger partial charge on any atom is -0.481 e. The van der Waals surface area contributed by atoms with E-state index in [1.807, 2.05) is 4.72 Å². The summed E-state index contributed by atoms with van der Waals surface area (Å²) in [4.78, 5) is 19.9. The zero-order valence-electron chi connectivity index (χ0n) is 11.0. The van der Waals surface area contributed by atoms with E-state index in [4.69, 9.17) is 5.11 Å². The zero-order valence-corrected chi connectivity index (χ0v) is 11.8. The average Bonchev–Trinajstić information content (AvgIpc) is 2.35. The first kappa shape index (κ1) is 17.0. The van der Waals surface area contributed by atoms with Crippen LogP contribution in [0.2, 0.25) is 0 Å². The van der Waals surface area contributed by atoms with Crippen LogP contribution in [0.1, 0.15) is 13.3 Å². The van der Waals surface area contributed by atoms with Crippen molar-refractivity contribution in [1.82, 2.24) is 4.72 Å². The predicted molar refractivity (Wildman–Crippen MR) is 71.2 cm³/mol. The van der Waals surface area contributed by atoms with Gasteiger partial charge in [-0.15, -0.1) is 0 Å². The fourth-order valence-corrected chi connectivity index (χ4v) is 2.88. The summed E-state index contributed by atoms with van der Waals surface area (Å²) >= 11 is 0. The van der Waals surface area contributed by atoms with Crippen LogP contribution in [0.3, 0.4) is 0 Å². The van der Waals surface area contributed by atoms with Crippen LogP contribution in [-0.2, 0) is 14.8 Å². The van der Waals surface area contributed by atoms with Crippen LogP contribution in [-0.4, -0.2) is 41.7 Å². The molecule has 9 nitrogen and oxygen atoms in total. The van der Waals surface area contributed by atoms with Crippen molar-refractivity contribution in [2.45, 2.75) is 23.8 Å². The molecule has 0 radical (unpaired) electrons. The molecule has 10 heteroatoms. The van der Waals surface area contributed by atoms with Crippen molar-refractivity contribution in [3.8, 4) is 0 Å². The van der Waals surface area contributed by atoms with Crippen molar-refractivity contribution in [2.75, 3.05) is 6.54 Å². The standard InChI is InChI=1S/C11H14N2O7S/c1-11(16,6-10(14)15)7-12-21(19,20)9-5-3-2-4-8(9)13(17)18/h2-5,12,16H,6-7H2,1H3,(H,14,15). The van der Waals surface area contributed by atoms with E-state index < -0.39 is 50.1 Å². The molecule has 0 saturated carbocycles. The molecule has 0 bridgehead atoms. The zero-order chi connectivity index (χ0) is 16.3. The molecule has 0 aliphatic carbocycles. The summed E-state index contributed by atoms with van der Waals surface area (Å²) in [6.45, 7) is 0.552. The van der Waals surface area contributed by atoms with Crippen molar-refractivity contribution < 1.29 is 28.3 Å². The monoisotopic (exact) mass is 318 g/mol. The Morgan fingerprint density at radius 1 is 1.43 bits per heavy atom. The number of hydrogen-bond donors (Lipinski definition) is 3. The van der Waals surface area contributed by atoms with E-state index in [1.54, 1.807) is 0 Å². The van der Waals surface area contributed by atoms with Crippen molar-refractivity contribution in [1.29, 1.82) is 0 Å². The van der Waals surface area contributed by atoms with Crippen molar-refractivity contribution >= 4 is 21.7 Å². The Labute approximate surface area is 120 Å². The Hall–Kier alpha value is -2.04. The highest BCUT2D eigenvalue weighted by molar-refractivity contribution is 7.89. The first-order valence-electron chi connectivity index (χ1n) is 5.72. The van der Waals surface area contributed by atoms with E-state index in [2.05, 4.69) is 0 Å². The molecule has 116 valence electrons. The van der Waals surface area contributed by atoms with Crippen LogP contribution in [0.5, 0.6) is 0 Å². The summed E-state index contributed by atoms with van der Waals surface area (Å²) in [5.74, 6) is -1.30. The molecule has 1 aromatic carbocycles. The van der Waals surface area contributed by atoms with Crippen molar-refractivity contribution in [2.24, 2.45) is 0 Å². The molecule has 21 heavy (non-hydrogen) atoms. The van der Waals surface area contributed by atoms with Crippen LogP contribution in [0.15, 0.2) is 29.2 Å². The number of nitro groups is 1. The summed E-state index contributed by atoms with van der Waals surface area (Å²) in [5, 5.41) is 29.1. The number of carboxylic acids is 1. The van der Waals surface area contributed by atoms with Gasteiger partial charge >= 0.3 is 5.97 Å². The van der Waals surface area contributed by atoms with E-state index in [1.165, 1.54) is 12.1 Å². The second-order valence-corrected chi connectivity index (χ2v) is 6.35. The highest BCUT2D eigenvalue weighted by Crippen LogP contribution is 2.23. The molecule has 0 spiro atoms. The second kappa shape index (κ2) is 6.16. The van der Waals surface area contributed by atoms with Gasteiger partial charge in [0.25, 0.3) is 5.69 Å². The van der Waals surface area contributed by atoms with E-state index in [0.29, 0.717) is 0 Å². The van der Waals surface area contributed by atoms with E-state index in [-0.39, 0.29) is 0 Å². The van der Waals surface area contributed by atoms with E-state index in [9.17, 15) is 28.4 Å². The lowest BCUT2D eigenvalue weighted by Crippen LogP contribution is -2.42. The molecule has 1 unspecified atom stereocenters. The molecular formula is C11H14N2O7S. The maximum atomic E-state index is 12.0. The molecule has 3 N–H and O–H groups in total. The Bertz CT molecular complexity index is 654. The Balaban J connectivity index is 2.98. The van der Waals surface area contributed by atoms with Crippen LogP contribution in [0.25, 0.3) is 0 Å². The number of carbonyl (C=O) groups is 1. The molecule has 0 saturated heterocycles. The Kier molecular flexibility index (Phi) is 4.99. The number of hydrogen-bond acceptors (Lipinski definition) is 6. The van der Waals surface area contributed by atoms with Gasteiger partial charge in [0.05, 0.1) is 16.9 Å². The minimum absolute atomic E-state index is 0.555. The number of aliphatic hydroxyl groups is 1. The highest BCUT2D eigenvalue weighted by atomic mass is 32.2. The fourth-order valence-electron chi connectivity index (χ4n) is 1.55. The smallest absolute Gasteiger partial charge is 0.306 e. The van der Waals surface area contributed by atoms with Gasteiger partial charge in [0.15, 0.2) is 4.90 Å². The predicted octanol–water partition coefficient (Wildman–Crippen LogP) is 0.0988. The number of benzene rings is 1. The molecule has 0 fully saturated rings. The number of aliphatic carboxylic acids is 1. The Morgan fingerprint density at radius 2 is 2.00 bits per heavy atom. The molecule has 0 heterocycles. The molecule has 0 aromatic heterocycles. The van der Waals surface area contributed by atoms with Gasteiger partial charge in [-0.2, -0.15) is 0 Å². The largest absolute Gasteiger partial charge is 0.481 e. The van der Waals surface area contributed by atoms with Gasteiger partial charge in [-0.1, -0.05) is 12.1 Å². The lowest BCUT2D eigenvalue weighted by molar-refractivity contribution is -0.387. The third kappa shape index (κ3) is 4.77. The number of sulfonamides is 1. The molecule has 1 atom stereocenters. The maximum absolute atomic E-state index is 12.0. The van der Waals surface area contributed by atoms with Gasteiger partial charge in [-0.05, 0) is 13.0 Å². The van der Waals surface area contributed by atoms with E-state index >= 15 is 0 Å². The number of rotatable bonds is 7. The minimum atomic E-state index is -4.25. The molecule has 1 aromatic rings. The molecule has 0 aliphatic heterocycles. The van der Waals surface area contributed by atoms with Gasteiger partial charge in [0, 0.05) is 12.6 Å². The van der Waals surface area contributed by atoms with Crippen LogP contribution in [0, 0.1) is 10.1 Å². The topological polar surface area (TPSA) is 147 Å². The lowest BCUT2D eigenvalue weighted by atomic mass is 10.0. The summed E-state index contributed by atoms with van der Waals surface area (Å²) in [6.07, 6.45) is -0.674. The summed E-state index contributed by atoms with van der Waals surface area (Å²) < 4.78 is 26.0. The second-order valence-electron chi connectivity index (χ2n) is 4.62.